The van der Waals surface area contributed by atoms with Crippen molar-refractivity contribution in [2.75, 3.05) is 5.32 Å². The van der Waals surface area contributed by atoms with Gasteiger partial charge in [-0.3, -0.25) is 4.98 Å². The van der Waals surface area contributed by atoms with Crippen molar-refractivity contribution in [2.45, 2.75) is 6.92 Å². The summed E-state index contributed by atoms with van der Waals surface area (Å²) in [6.07, 6.45) is 3.47. The van der Waals surface area contributed by atoms with E-state index < -0.39 is 0 Å². The molecule has 0 aliphatic rings. The van der Waals surface area contributed by atoms with Gasteiger partial charge in [0, 0.05) is 17.3 Å². The number of nitrogens with zero attached hydrogens (tertiary/aromatic N) is 2. The normalized spacial score (nSPS) is 10.3. The summed E-state index contributed by atoms with van der Waals surface area (Å²) in [5, 5.41) is 14.5. The van der Waals surface area contributed by atoms with Crippen molar-refractivity contribution in [3.63, 3.8) is 0 Å². The number of hydrogen-bond donors (Lipinski definition) is 1. The van der Waals surface area contributed by atoms with Gasteiger partial charge in [0.25, 0.3) is 0 Å². The minimum Gasteiger partial charge on any atom is -0.344 e. The van der Waals surface area contributed by atoms with Gasteiger partial charge in [-0.25, -0.2) is 0 Å². The highest BCUT2D eigenvalue weighted by Crippen LogP contribution is 2.42. The summed E-state index contributed by atoms with van der Waals surface area (Å²) < 4.78 is 0. The van der Waals surface area contributed by atoms with Crippen LogP contribution in [-0.4, -0.2) is 4.98 Å². The Morgan fingerprint density at radius 2 is 1.78 bits per heavy atom. The van der Waals surface area contributed by atoms with E-state index in [9.17, 15) is 5.26 Å². The fourth-order valence-corrected chi connectivity index (χ4v) is 3.90. The molecular formula is C17H11Cl2N3S. The topological polar surface area (TPSA) is 48.7 Å². The molecule has 0 unspecified atom stereocenters. The van der Waals surface area contributed by atoms with Gasteiger partial charge in [0.15, 0.2) is 0 Å². The molecule has 114 valence electrons. The SMILES string of the molecule is Cc1c(-c2ccncc2)sc(Nc2c(Cl)cccc2Cl)c1C#N. The van der Waals surface area contributed by atoms with Gasteiger partial charge in [-0.15, -0.1) is 11.3 Å². The van der Waals surface area contributed by atoms with Crippen molar-refractivity contribution >= 4 is 45.2 Å². The zero-order chi connectivity index (χ0) is 16.4. The first-order valence-electron chi connectivity index (χ1n) is 6.76. The number of para-hydroxylation sites is 1. The van der Waals surface area contributed by atoms with Crippen LogP contribution in [0.4, 0.5) is 10.7 Å². The van der Waals surface area contributed by atoms with Crippen LogP contribution in [0.2, 0.25) is 10.0 Å². The first-order valence-corrected chi connectivity index (χ1v) is 8.34. The van der Waals surface area contributed by atoms with Gasteiger partial charge in [-0.05, 0) is 42.3 Å². The summed E-state index contributed by atoms with van der Waals surface area (Å²) in [5.74, 6) is 0. The number of hydrogen-bond acceptors (Lipinski definition) is 4. The lowest BCUT2D eigenvalue weighted by Crippen LogP contribution is -1.92. The second-order valence-corrected chi connectivity index (χ2v) is 6.66. The zero-order valence-corrected chi connectivity index (χ0v) is 14.4. The third kappa shape index (κ3) is 3.04. The van der Waals surface area contributed by atoms with E-state index in [-0.39, 0.29) is 0 Å². The number of thiophene rings is 1. The average Bonchev–Trinajstić information content (AvgIpc) is 2.87. The summed E-state index contributed by atoms with van der Waals surface area (Å²) in [6.45, 7) is 1.93. The van der Waals surface area contributed by atoms with Gasteiger partial charge >= 0.3 is 0 Å². The molecule has 0 saturated heterocycles. The molecule has 0 amide bonds. The van der Waals surface area contributed by atoms with Crippen molar-refractivity contribution < 1.29 is 0 Å². The smallest absolute Gasteiger partial charge is 0.112 e. The predicted molar refractivity (Wildman–Crippen MR) is 96.7 cm³/mol. The van der Waals surface area contributed by atoms with Crippen molar-refractivity contribution in [2.24, 2.45) is 0 Å². The third-order valence-corrected chi connectivity index (χ3v) is 5.29. The molecule has 0 saturated carbocycles. The van der Waals surface area contributed by atoms with E-state index in [4.69, 9.17) is 23.2 Å². The van der Waals surface area contributed by atoms with E-state index >= 15 is 0 Å². The molecule has 0 aliphatic carbocycles. The summed E-state index contributed by atoms with van der Waals surface area (Å²) in [7, 11) is 0. The van der Waals surface area contributed by atoms with Gasteiger partial charge in [-0.1, -0.05) is 29.3 Å². The molecule has 0 spiro atoms. The standard InChI is InChI=1S/C17H11Cl2N3S/c1-10-12(9-20)17(22-15-13(18)3-2-4-14(15)19)23-16(10)11-5-7-21-8-6-11/h2-8,22H,1H3. The van der Waals surface area contributed by atoms with Gasteiger partial charge in [0.05, 0.1) is 21.3 Å². The number of nitrogens with one attached hydrogen (secondary N) is 1. The molecule has 2 heterocycles. The number of rotatable bonds is 3. The van der Waals surface area contributed by atoms with Gasteiger partial charge < -0.3 is 5.32 Å². The van der Waals surface area contributed by atoms with Crippen LogP contribution in [0.25, 0.3) is 10.4 Å². The highest BCUT2D eigenvalue weighted by molar-refractivity contribution is 7.20. The molecule has 0 fully saturated rings. The summed E-state index contributed by atoms with van der Waals surface area (Å²) in [4.78, 5) is 5.05. The average molecular weight is 360 g/mol. The first-order chi connectivity index (χ1) is 11.1. The van der Waals surface area contributed by atoms with Crippen molar-refractivity contribution in [3.05, 3.63) is 63.9 Å². The monoisotopic (exact) mass is 359 g/mol. The largest absolute Gasteiger partial charge is 0.344 e. The first kappa shape index (κ1) is 15.8. The molecule has 6 heteroatoms. The molecular weight excluding hydrogens is 349 g/mol. The van der Waals surface area contributed by atoms with E-state index in [1.807, 2.05) is 19.1 Å². The Kier molecular flexibility index (Phi) is 4.53. The van der Waals surface area contributed by atoms with Crippen molar-refractivity contribution in [1.29, 1.82) is 5.26 Å². The highest BCUT2D eigenvalue weighted by Gasteiger charge is 2.18. The Morgan fingerprint density at radius 1 is 1.13 bits per heavy atom. The molecule has 2 aromatic heterocycles. The van der Waals surface area contributed by atoms with Crippen molar-refractivity contribution in [3.8, 4) is 16.5 Å². The number of pyridine rings is 1. The Bertz CT molecular complexity index is 878. The lowest BCUT2D eigenvalue weighted by atomic mass is 10.1. The van der Waals surface area contributed by atoms with E-state index in [1.54, 1.807) is 30.6 Å². The maximum atomic E-state index is 9.51. The molecule has 0 radical (unpaired) electrons. The summed E-state index contributed by atoms with van der Waals surface area (Å²) in [5.41, 5.74) is 3.15. The fourth-order valence-electron chi connectivity index (χ4n) is 2.25. The van der Waals surface area contributed by atoms with E-state index in [1.165, 1.54) is 11.3 Å². The lowest BCUT2D eigenvalue weighted by Gasteiger charge is -2.08. The van der Waals surface area contributed by atoms with E-state index in [0.717, 1.165) is 21.0 Å². The quantitative estimate of drug-likeness (QED) is 0.619. The molecule has 3 rings (SSSR count). The minimum absolute atomic E-state index is 0.512. The zero-order valence-electron chi connectivity index (χ0n) is 12.1. The van der Waals surface area contributed by atoms with Crippen molar-refractivity contribution in [1.82, 2.24) is 4.98 Å². The predicted octanol–water partition coefficient (Wildman–Crippen LogP) is 6.04. The molecule has 0 aliphatic heterocycles. The Morgan fingerprint density at radius 3 is 2.39 bits per heavy atom. The molecule has 3 nitrogen and oxygen atoms in total. The molecule has 1 aromatic carbocycles. The van der Waals surface area contributed by atoms with Crippen LogP contribution in [0.3, 0.4) is 0 Å². The Hall–Kier alpha value is -2.06. The number of halogens is 2. The highest BCUT2D eigenvalue weighted by atomic mass is 35.5. The maximum Gasteiger partial charge on any atom is 0.112 e. The van der Waals surface area contributed by atoms with Crippen LogP contribution in [0.15, 0.2) is 42.7 Å². The van der Waals surface area contributed by atoms with Crippen LogP contribution >= 0.6 is 34.5 Å². The lowest BCUT2D eigenvalue weighted by molar-refractivity contribution is 1.33. The maximum absolute atomic E-state index is 9.51. The molecule has 1 N–H and O–H groups in total. The number of nitriles is 1. The molecule has 0 atom stereocenters. The molecule has 3 aromatic rings. The summed E-state index contributed by atoms with van der Waals surface area (Å²) in [6, 6.07) is 11.4. The molecule has 0 bridgehead atoms. The van der Waals surface area contributed by atoms with Gasteiger partial charge in [-0.2, -0.15) is 5.26 Å². The van der Waals surface area contributed by atoms with Gasteiger partial charge in [0.2, 0.25) is 0 Å². The van der Waals surface area contributed by atoms with Gasteiger partial charge in [0.1, 0.15) is 11.1 Å². The minimum atomic E-state index is 0.512. The van der Waals surface area contributed by atoms with Crippen LogP contribution in [0.5, 0.6) is 0 Å². The van der Waals surface area contributed by atoms with Crippen LogP contribution < -0.4 is 5.32 Å². The second-order valence-electron chi connectivity index (χ2n) is 4.83. The third-order valence-electron chi connectivity index (χ3n) is 3.40. The number of anilines is 2. The Labute approximate surface area is 148 Å². The molecule has 23 heavy (non-hydrogen) atoms. The van der Waals surface area contributed by atoms with Crippen LogP contribution in [0, 0.1) is 18.3 Å². The number of benzene rings is 1. The van der Waals surface area contributed by atoms with Crippen LogP contribution in [0.1, 0.15) is 11.1 Å². The van der Waals surface area contributed by atoms with E-state index in [0.29, 0.717) is 21.3 Å². The fraction of sp³-hybridized carbons (Fsp3) is 0.0588. The Balaban J connectivity index is 2.09. The number of aromatic nitrogens is 1. The van der Waals surface area contributed by atoms with E-state index in [2.05, 4.69) is 16.4 Å². The summed E-state index contributed by atoms with van der Waals surface area (Å²) >= 11 is 13.9. The second kappa shape index (κ2) is 6.59. The van der Waals surface area contributed by atoms with Crippen LogP contribution in [-0.2, 0) is 0 Å².